The van der Waals surface area contributed by atoms with E-state index in [9.17, 15) is 9.59 Å². The highest BCUT2D eigenvalue weighted by atomic mass is 16.4. The summed E-state index contributed by atoms with van der Waals surface area (Å²) in [5.41, 5.74) is 16.0. The summed E-state index contributed by atoms with van der Waals surface area (Å²) < 4.78 is 0. The lowest BCUT2D eigenvalue weighted by Crippen LogP contribution is -2.30. The van der Waals surface area contributed by atoms with E-state index in [0.29, 0.717) is 38.6 Å². The minimum absolute atomic E-state index is 0.0311. The molecule has 0 fully saturated rings. The lowest BCUT2D eigenvalue weighted by molar-refractivity contribution is -0.137. The molecular weight excluding hydrogens is 236 g/mol. The Morgan fingerprint density at radius 1 is 1.11 bits per heavy atom. The van der Waals surface area contributed by atoms with Gasteiger partial charge in [-0.25, -0.2) is 0 Å². The molecule has 0 aromatic heterocycles. The molecule has 0 aromatic rings. The third-order valence-corrected chi connectivity index (χ3v) is 2.45. The van der Waals surface area contributed by atoms with Gasteiger partial charge >= 0.3 is 5.97 Å². The maximum absolute atomic E-state index is 11.6. The summed E-state index contributed by atoms with van der Waals surface area (Å²) in [4.78, 5) is 25.6. The molecule has 0 rings (SSSR count). The van der Waals surface area contributed by atoms with Crippen LogP contribution in [-0.4, -0.2) is 35.4 Å². The van der Waals surface area contributed by atoms with E-state index in [0.717, 1.165) is 0 Å². The molecule has 7 heteroatoms. The molecule has 0 radical (unpaired) electrons. The normalized spacial score (nSPS) is 11.8. The van der Waals surface area contributed by atoms with Crippen LogP contribution in [0.25, 0.3) is 0 Å². The minimum Gasteiger partial charge on any atom is -0.481 e. The summed E-state index contributed by atoms with van der Waals surface area (Å²) >= 11 is 0. The summed E-state index contributed by atoms with van der Waals surface area (Å²) in [5.74, 6) is -0.849. The molecule has 0 aromatic carbocycles. The quantitative estimate of drug-likeness (QED) is 0.238. The van der Waals surface area contributed by atoms with Crippen LogP contribution >= 0.6 is 0 Å². The summed E-state index contributed by atoms with van der Waals surface area (Å²) in [7, 11) is 0. The maximum Gasteiger partial charge on any atom is 0.303 e. The zero-order valence-corrected chi connectivity index (χ0v) is 10.5. The van der Waals surface area contributed by atoms with E-state index in [4.69, 9.17) is 22.3 Å². The Morgan fingerprint density at radius 3 is 2.28 bits per heavy atom. The SMILES string of the molecule is NC(N)=NCCC[C@H](N)C(=O)CCCCC(=O)O. The van der Waals surface area contributed by atoms with E-state index in [-0.39, 0.29) is 18.2 Å². The van der Waals surface area contributed by atoms with Gasteiger partial charge in [0.15, 0.2) is 5.96 Å². The van der Waals surface area contributed by atoms with Crippen molar-refractivity contribution < 1.29 is 14.7 Å². The van der Waals surface area contributed by atoms with Crippen molar-refractivity contribution in [1.82, 2.24) is 0 Å². The summed E-state index contributed by atoms with van der Waals surface area (Å²) in [6.07, 6.45) is 2.67. The largest absolute Gasteiger partial charge is 0.481 e. The molecule has 0 aliphatic rings. The Bertz CT molecular complexity index is 301. The monoisotopic (exact) mass is 258 g/mol. The number of carbonyl (C=O) groups is 2. The Morgan fingerprint density at radius 2 is 1.72 bits per heavy atom. The van der Waals surface area contributed by atoms with Crippen LogP contribution in [-0.2, 0) is 9.59 Å². The molecule has 0 aliphatic heterocycles. The lowest BCUT2D eigenvalue weighted by Gasteiger charge is -2.09. The second-order valence-corrected chi connectivity index (χ2v) is 4.12. The third-order valence-electron chi connectivity index (χ3n) is 2.45. The third kappa shape index (κ3) is 9.59. The second kappa shape index (κ2) is 9.41. The Kier molecular flexibility index (Phi) is 8.55. The van der Waals surface area contributed by atoms with Gasteiger partial charge < -0.3 is 22.3 Å². The average Bonchev–Trinajstić information content (AvgIpc) is 2.29. The molecular formula is C11H22N4O3. The highest BCUT2D eigenvalue weighted by Gasteiger charge is 2.12. The summed E-state index contributed by atoms with van der Waals surface area (Å²) in [5, 5.41) is 8.43. The molecule has 0 saturated carbocycles. The number of guanidine groups is 1. The van der Waals surface area contributed by atoms with Crippen molar-refractivity contribution in [3.63, 3.8) is 0 Å². The molecule has 7 nitrogen and oxygen atoms in total. The number of ketones is 1. The van der Waals surface area contributed by atoms with Crippen molar-refractivity contribution in [3.05, 3.63) is 0 Å². The fraction of sp³-hybridized carbons (Fsp3) is 0.727. The van der Waals surface area contributed by atoms with Crippen LogP contribution in [0, 0.1) is 0 Å². The van der Waals surface area contributed by atoms with Gasteiger partial charge in [0.25, 0.3) is 0 Å². The van der Waals surface area contributed by atoms with E-state index in [1.54, 1.807) is 0 Å². The molecule has 7 N–H and O–H groups in total. The van der Waals surface area contributed by atoms with E-state index in [1.165, 1.54) is 0 Å². The fourth-order valence-corrected chi connectivity index (χ4v) is 1.44. The van der Waals surface area contributed by atoms with Crippen molar-refractivity contribution in [2.45, 2.75) is 44.6 Å². The van der Waals surface area contributed by atoms with E-state index < -0.39 is 12.0 Å². The van der Waals surface area contributed by atoms with Crippen molar-refractivity contribution in [2.75, 3.05) is 6.54 Å². The van der Waals surface area contributed by atoms with Gasteiger partial charge in [0.1, 0.15) is 5.78 Å². The van der Waals surface area contributed by atoms with Gasteiger partial charge in [-0.05, 0) is 25.7 Å². The van der Waals surface area contributed by atoms with Crippen molar-refractivity contribution >= 4 is 17.7 Å². The molecule has 18 heavy (non-hydrogen) atoms. The van der Waals surface area contributed by atoms with Gasteiger partial charge in [0.2, 0.25) is 0 Å². The number of Topliss-reactive ketones (excluding diaryl/α,β-unsaturated/α-hetero) is 1. The number of aliphatic imine (C=N–C) groups is 1. The highest BCUT2D eigenvalue weighted by Crippen LogP contribution is 2.05. The second-order valence-electron chi connectivity index (χ2n) is 4.12. The van der Waals surface area contributed by atoms with Gasteiger partial charge in [-0.2, -0.15) is 0 Å². The number of unbranched alkanes of at least 4 members (excludes halogenated alkanes) is 1. The summed E-state index contributed by atoms with van der Waals surface area (Å²) in [6.45, 7) is 0.461. The first-order chi connectivity index (χ1) is 8.43. The molecule has 0 unspecified atom stereocenters. The number of nitrogens with zero attached hydrogens (tertiary/aromatic N) is 1. The first-order valence-electron chi connectivity index (χ1n) is 5.99. The van der Waals surface area contributed by atoms with E-state index in [1.807, 2.05) is 0 Å². The summed E-state index contributed by atoms with van der Waals surface area (Å²) in [6, 6.07) is -0.510. The number of nitrogens with two attached hydrogens (primary N) is 3. The molecule has 0 bridgehead atoms. The number of carboxylic acid groups (broad SMARTS) is 1. The first kappa shape index (κ1) is 16.4. The van der Waals surface area contributed by atoms with Crippen LogP contribution in [0.1, 0.15) is 38.5 Å². The predicted octanol–water partition coefficient (Wildman–Crippen LogP) is -0.419. The molecule has 0 heterocycles. The van der Waals surface area contributed by atoms with Crippen molar-refractivity contribution in [1.29, 1.82) is 0 Å². The van der Waals surface area contributed by atoms with Crippen LogP contribution in [0.15, 0.2) is 4.99 Å². The number of carboxylic acids is 1. The van der Waals surface area contributed by atoms with Gasteiger partial charge in [0.05, 0.1) is 6.04 Å². The average molecular weight is 258 g/mol. The van der Waals surface area contributed by atoms with Gasteiger partial charge in [-0.15, -0.1) is 0 Å². The van der Waals surface area contributed by atoms with Crippen LogP contribution in [0.4, 0.5) is 0 Å². The maximum atomic E-state index is 11.6. The Labute approximate surface area is 106 Å². The fourth-order valence-electron chi connectivity index (χ4n) is 1.44. The minimum atomic E-state index is -0.844. The molecule has 1 atom stereocenters. The van der Waals surface area contributed by atoms with E-state index >= 15 is 0 Å². The molecule has 104 valence electrons. The molecule has 0 aliphatic carbocycles. The number of rotatable bonds is 10. The standard InChI is InChI=1S/C11H22N4O3/c12-8(4-3-7-15-11(13)14)9(16)5-1-2-6-10(17)18/h8H,1-7,12H2,(H,17,18)(H4,13,14,15)/t8-/m0/s1. The number of hydrogen-bond acceptors (Lipinski definition) is 4. The van der Waals surface area contributed by atoms with Crippen LogP contribution < -0.4 is 17.2 Å². The molecule has 0 spiro atoms. The van der Waals surface area contributed by atoms with Crippen molar-refractivity contribution in [3.8, 4) is 0 Å². The smallest absolute Gasteiger partial charge is 0.303 e. The number of aliphatic carboxylic acids is 1. The lowest BCUT2D eigenvalue weighted by atomic mass is 10.0. The zero-order valence-electron chi connectivity index (χ0n) is 10.5. The van der Waals surface area contributed by atoms with Crippen LogP contribution in [0.5, 0.6) is 0 Å². The van der Waals surface area contributed by atoms with Crippen LogP contribution in [0.3, 0.4) is 0 Å². The van der Waals surface area contributed by atoms with Crippen LogP contribution in [0.2, 0.25) is 0 Å². The predicted molar refractivity (Wildman–Crippen MR) is 69.0 cm³/mol. The highest BCUT2D eigenvalue weighted by molar-refractivity contribution is 5.83. The van der Waals surface area contributed by atoms with Gasteiger partial charge in [0, 0.05) is 19.4 Å². The van der Waals surface area contributed by atoms with E-state index in [2.05, 4.69) is 4.99 Å². The van der Waals surface area contributed by atoms with Gasteiger partial charge in [-0.3, -0.25) is 14.6 Å². The van der Waals surface area contributed by atoms with Crippen molar-refractivity contribution in [2.24, 2.45) is 22.2 Å². The number of carbonyl (C=O) groups excluding carboxylic acids is 1. The molecule has 0 saturated heterocycles. The topological polar surface area (TPSA) is 145 Å². The molecule has 0 amide bonds. The zero-order chi connectivity index (χ0) is 14.0. The Hall–Kier alpha value is -1.63. The Balaban J connectivity index is 3.63. The first-order valence-corrected chi connectivity index (χ1v) is 5.99. The number of hydrogen-bond donors (Lipinski definition) is 4. The van der Waals surface area contributed by atoms with Gasteiger partial charge in [-0.1, -0.05) is 0 Å².